The maximum atomic E-state index is 11.8. The third-order valence-corrected chi connectivity index (χ3v) is 5.16. The lowest BCUT2D eigenvalue weighted by Crippen LogP contribution is -2.12. The summed E-state index contributed by atoms with van der Waals surface area (Å²) in [6.07, 6.45) is 0. The molecule has 134 valence electrons. The SMILES string of the molecule is COC(=O)c1sc(NC(c2ccccc2)c2ccc(OC)cc2)nc1Cl. The van der Waals surface area contributed by atoms with Crippen LogP contribution < -0.4 is 10.1 Å². The lowest BCUT2D eigenvalue weighted by molar-refractivity contribution is 0.0606. The van der Waals surface area contributed by atoms with Gasteiger partial charge in [0.05, 0.1) is 20.3 Å². The van der Waals surface area contributed by atoms with E-state index in [9.17, 15) is 4.79 Å². The maximum Gasteiger partial charge on any atom is 0.351 e. The van der Waals surface area contributed by atoms with Crippen molar-refractivity contribution in [2.75, 3.05) is 19.5 Å². The van der Waals surface area contributed by atoms with Gasteiger partial charge in [0.15, 0.2) is 15.2 Å². The molecule has 0 aliphatic carbocycles. The highest BCUT2D eigenvalue weighted by atomic mass is 35.5. The number of rotatable bonds is 6. The highest BCUT2D eigenvalue weighted by molar-refractivity contribution is 7.18. The highest BCUT2D eigenvalue weighted by Gasteiger charge is 2.21. The number of anilines is 1. The number of thiazole rings is 1. The van der Waals surface area contributed by atoms with E-state index in [1.165, 1.54) is 7.11 Å². The average Bonchev–Trinajstić information content (AvgIpc) is 3.06. The van der Waals surface area contributed by atoms with Gasteiger partial charge in [0, 0.05) is 0 Å². The Morgan fingerprint density at radius 3 is 2.35 bits per heavy atom. The van der Waals surface area contributed by atoms with Gasteiger partial charge >= 0.3 is 5.97 Å². The van der Waals surface area contributed by atoms with Gasteiger partial charge in [-0.15, -0.1) is 0 Å². The number of methoxy groups -OCH3 is 2. The number of esters is 1. The van der Waals surface area contributed by atoms with Crippen molar-refractivity contribution in [3.63, 3.8) is 0 Å². The fraction of sp³-hybridized carbons (Fsp3) is 0.158. The van der Waals surface area contributed by atoms with Crippen LogP contribution in [0.25, 0.3) is 0 Å². The molecule has 0 fully saturated rings. The molecule has 0 saturated carbocycles. The van der Waals surface area contributed by atoms with Gasteiger partial charge in [-0.25, -0.2) is 9.78 Å². The number of carbonyl (C=O) groups is 1. The molecule has 3 aromatic rings. The topological polar surface area (TPSA) is 60.5 Å². The first-order chi connectivity index (χ1) is 12.6. The van der Waals surface area contributed by atoms with Crippen LogP contribution in [0.3, 0.4) is 0 Å². The summed E-state index contributed by atoms with van der Waals surface area (Å²) in [4.78, 5) is 16.3. The number of halogens is 1. The number of nitrogens with zero attached hydrogens (tertiary/aromatic N) is 1. The van der Waals surface area contributed by atoms with Crippen LogP contribution in [0.2, 0.25) is 5.15 Å². The van der Waals surface area contributed by atoms with Crippen molar-refractivity contribution in [2.24, 2.45) is 0 Å². The van der Waals surface area contributed by atoms with E-state index in [0.29, 0.717) is 5.13 Å². The number of nitrogens with one attached hydrogen (secondary N) is 1. The zero-order valence-electron chi connectivity index (χ0n) is 14.2. The van der Waals surface area contributed by atoms with Crippen molar-refractivity contribution in [3.8, 4) is 5.75 Å². The Kier molecular flexibility index (Phi) is 5.75. The Labute approximate surface area is 160 Å². The summed E-state index contributed by atoms with van der Waals surface area (Å²) in [5.74, 6) is 0.284. The largest absolute Gasteiger partial charge is 0.497 e. The summed E-state index contributed by atoms with van der Waals surface area (Å²) in [6, 6.07) is 17.6. The summed E-state index contributed by atoms with van der Waals surface area (Å²) in [5.41, 5.74) is 2.09. The monoisotopic (exact) mass is 388 g/mol. The fourth-order valence-electron chi connectivity index (χ4n) is 2.51. The number of aromatic nitrogens is 1. The first-order valence-corrected chi connectivity index (χ1v) is 9.02. The molecule has 0 bridgehead atoms. The second-order valence-electron chi connectivity index (χ2n) is 5.39. The molecule has 5 nitrogen and oxygen atoms in total. The Bertz CT molecular complexity index is 882. The molecule has 1 unspecified atom stereocenters. The second kappa shape index (κ2) is 8.21. The van der Waals surface area contributed by atoms with Gasteiger partial charge in [0.2, 0.25) is 0 Å². The van der Waals surface area contributed by atoms with E-state index in [2.05, 4.69) is 10.3 Å². The van der Waals surface area contributed by atoms with Crippen LogP contribution in [0.15, 0.2) is 54.6 Å². The lowest BCUT2D eigenvalue weighted by atomic mass is 9.99. The molecule has 0 aliphatic rings. The molecule has 2 aromatic carbocycles. The van der Waals surface area contributed by atoms with E-state index in [1.54, 1.807) is 7.11 Å². The molecular formula is C19H17ClN2O3S. The molecule has 1 N–H and O–H groups in total. The summed E-state index contributed by atoms with van der Waals surface area (Å²) in [7, 11) is 2.95. The van der Waals surface area contributed by atoms with Crippen LogP contribution >= 0.6 is 22.9 Å². The molecule has 0 spiro atoms. The van der Waals surface area contributed by atoms with Crippen LogP contribution in [0.4, 0.5) is 5.13 Å². The Hall–Kier alpha value is -2.57. The standard InChI is InChI=1S/C19H17ClN2O3S/c1-24-14-10-8-13(9-11-14)15(12-6-4-3-5-7-12)21-19-22-17(20)16(26-19)18(23)25-2/h3-11,15H,1-2H3,(H,21,22). The van der Waals surface area contributed by atoms with Crippen LogP contribution in [-0.2, 0) is 4.74 Å². The number of benzene rings is 2. The van der Waals surface area contributed by atoms with Gasteiger partial charge in [0.25, 0.3) is 0 Å². The number of carbonyl (C=O) groups excluding carboxylic acids is 1. The first kappa shape index (κ1) is 18.2. The third kappa shape index (κ3) is 3.98. The zero-order valence-corrected chi connectivity index (χ0v) is 15.8. The van der Waals surface area contributed by atoms with Gasteiger partial charge in [-0.1, -0.05) is 65.4 Å². The zero-order chi connectivity index (χ0) is 18.5. The molecule has 3 rings (SSSR count). The van der Waals surface area contributed by atoms with Crippen LogP contribution in [0.5, 0.6) is 5.75 Å². The fourth-order valence-corrected chi connectivity index (χ4v) is 3.64. The molecule has 0 saturated heterocycles. The molecule has 7 heteroatoms. The highest BCUT2D eigenvalue weighted by Crippen LogP contribution is 2.33. The lowest BCUT2D eigenvalue weighted by Gasteiger charge is -2.19. The predicted octanol–water partition coefficient (Wildman–Crippen LogP) is 4.79. The van der Waals surface area contributed by atoms with Crippen LogP contribution in [-0.4, -0.2) is 25.2 Å². The third-order valence-electron chi connectivity index (χ3n) is 3.81. The summed E-state index contributed by atoms with van der Waals surface area (Å²) < 4.78 is 9.97. The molecule has 1 heterocycles. The van der Waals surface area contributed by atoms with Crippen LogP contribution in [0.1, 0.15) is 26.8 Å². The van der Waals surface area contributed by atoms with E-state index >= 15 is 0 Å². The van der Waals surface area contributed by atoms with E-state index in [0.717, 1.165) is 28.2 Å². The van der Waals surface area contributed by atoms with Crippen molar-refractivity contribution in [1.82, 2.24) is 4.98 Å². The van der Waals surface area contributed by atoms with Crippen molar-refractivity contribution in [2.45, 2.75) is 6.04 Å². The van der Waals surface area contributed by atoms with Gasteiger partial charge < -0.3 is 14.8 Å². The molecule has 0 aliphatic heterocycles. The Morgan fingerprint density at radius 1 is 1.08 bits per heavy atom. The van der Waals surface area contributed by atoms with E-state index < -0.39 is 5.97 Å². The molecule has 0 amide bonds. The van der Waals surface area contributed by atoms with Gasteiger partial charge in [-0.3, -0.25) is 0 Å². The Balaban J connectivity index is 1.95. The number of hydrogen-bond acceptors (Lipinski definition) is 6. The molecular weight excluding hydrogens is 372 g/mol. The maximum absolute atomic E-state index is 11.8. The van der Waals surface area contributed by atoms with E-state index in [1.807, 2.05) is 54.6 Å². The van der Waals surface area contributed by atoms with E-state index in [-0.39, 0.29) is 16.1 Å². The van der Waals surface area contributed by atoms with Gasteiger partial charge in [-0.05, 0) is 23.3 Å². The minimum Gasteiger partial charge on any atom is -0.497 e. The quantitative estimate of drug-likeness (QED) is 0.615. The number of hydrogen-bond donors (Lipinski definition) is 1. The van der Waals surface area contributed by atoms with Crippen molar-refractivity contribution >= 4 is 34.0 Å². The normalized spacial score (nSPS) is 11.7. The minimum absolute atomic E-state index is 0.130. The smallest absolute Gasteiger partial charge is 0.351 e. The van der Waals surface area contributed by atoms with Crippen LogP contribution in [0, 0.1) is 0 Å². The van der Waals surface area contributed by atoms with Gasteiger partial charge in [0.1, 0.15) is 5.75 Å². The van der Waals surface area contributed by atoms with Crippen molar-refractivity contribution < 1.29 is 14.3 Å². The van der Waals surface area contributed by atoms with Crippen molar-refractivity contribution in [1.29, 1.82) is 0 Å². The minimum atomic E-state index is -0.499. The molecule has 1 aromatic heterocycles. The predicted molar refractivity (Wildman–Crippen MR) is 103 cm³/mol. The van der Waals surface area contributed by atoms with Gasteiger partial charge in [-0.2, -0.15) is 0 Å². The Morgan fingerprint density at radius 2 is 1.73 bits per heavy atom. The molecule has 26 heavy (non-hydrogen) atoms. The van der Waals surface area contributed by atoms with E-state index in [4.69, 9.17) is 21.1 Å². The molecule has 0 radical (unpaired) electrons. The summed E-state index contributed by atoms with van der Waals surface area (Å²) in [6.45, 7) is 0. The first-order valence-electron chi connectivity index (χ1n) is 7.82. The number of ether oxygens (including phenoxy) is 2. The average molecular weight is 389 g/mol. The summed E-state index contributed by atoms with van der Waals surface area (Å²) >= 11 is 7.24. The summed E-state index contributed by atoms with van der Waals surface area (Å²) in [5, 5.41) is 4.04. The molecule has 1 atom stereocenters. The van der Waals surface area contributed by atoms with Crippen molar-refractivity contribution in [3.05, 3.63) is 75.8 Å². The second-order valence-corrected chi connectivity index (χ2v) is 6.75.